The van der Waals surface area contributed by atoms with Crippen LogP contribution in [0.4, 0.5) is 0 Å². The highest BCUT2D eigenvalue weighted by Gasteiger charge is 2.08. The van der Waals surface area contributed by atoms with E-state index in [1.54, 1.807) is 41.2 Å². The number of fused-ring (bicyclic) bond motifs is 1. The number of nitrogens with zero attached hydrogens (tertiary/aromatic N) is 4. The number of rotatable bonds is 5. The van der Waals surface area contributed by atoms with Crippen LogP contribution in [0.15, 0.2) is 78.0 Å². The molecule has 0 aliphatic rings. The van der Waals surface area contributed by atoms with Crippen LogP contribution in [-0.4, -0.2) is 31.6 Å². The Morgan fingerprint density at radius 2 is 1.89 bits per heavy atom. The normalized spacial score (nSPS) is 10.8. The Bertz CT molecular complexity index is 1150. The molecule has 4 rings (SSSR count). The summed E-state index contributed by atoms with van der Waals surface area (Å²) in [4.78, 5) is 28.5. The number of benzene rings is 1. The number of imidazole rings is 1. The first kappa shape index (κ1) is 16.7. The Morgan fingerprint density at radius 1 is 1.04 bits per heavy atom. The van der Waals surface area contributed by atoms with Crippen LogP contribution < -0.4 is 10.9 Å². The maximum atomic E-state index is 12.3. The Balaban J connectivity index is 1.44. The predicted octanol–water partition coefficient (Wildman–Crippen LogP) is 1.99. The van der Waals surface area contributed by atoms with Gasteiger partial charge in [-0.25, -0.2) is 9.67 Å². The van der Waals surface area contributed by atoms with Crippen molar-refractivity contribution in [1.29, 1.82) is 0 Å². The minimum atomic E-state index is -0.210. The van der Waals surface area contributed by atoms with Crippen molar-refractivity contribution in [2.75, 3.05) is 6.54 Å². The minimum absolute atomic E-state index is 0.205. The molecule has 0 unspecified atom stereocenters. The lowest BCUT2D eigenvalue weighted by atomic mass is 10.1. The van der Waals surface area contributed by atoms with E-state index in [1.165, 1.54) is 10.7 Å². The number of amides is 1. The van der Waals surface area contributed by atoms with Crippen LogP contribution in [0.25, 0.3) is 16.9 Å². The lowest BCUT2D eigenvalue weighted by Crippen LogP contribution is -2.32. The van der Waals surface area contributed by atoms with Gasteiger partial charge in [0.1, 0.15) is 5.65 Å². The monoisotopic (exact) mass is 359 g/mol. The fraction of sp³-hybridized carbons (Fsp3) is 0.100. The molecule has 0 spiro atoms. The third-order valence-corrected chi connectivity index (χ3v) is 4.20. The first-order chi connectivity index (χ1) is 13.2. The summed E-state index contributed by atoms with van der Waals surface area (Å²) >= 11 is 0. The highest BCUT2D eigenvalue weighted by molar-refractivity contribution is 5.94. The zero-order valence-corrected chi connectivity index (χ0v) is 14.4. The first-order valence-electron chi connectivity index (χ1n) is 8.55. The molecule has 0 radical (unpaired) electrons. The van der Waals surface area contributed by atoms with E-state index in [1.807, 2.05) is 30.3 Å². The molecule has 27 heavy (non-hydrogen) atoms. The van der Waals surface area contributed by atoms with E-state index in [2.05, 4.69) is 15.4 Å². The molecule has 1 amide bonds. The second-order valence-corrected chi connectivity index (χ2v) is 6.01. The van der Waals surface area contributed by atoms with Crippen LogP contribution in [-0.2, 0) is 6.54 Å². The predicted molar refractivity (Wildman–Crippen MR) is 101 cm³/mol. The van der Waals surface area contributed by atoms with Crippen LogP contribution in [0.2, 0.25) is 0 Å². The van der Waals surface area contributed by atoms with Gasteiger partial charge in [0.05, 0.1) is 17.8 Å². The van der Waals surface area contributed by atoms with E-state index >= 15 is 0 Å². The maximum Gasteiger partial charge on any atom is 0.266 e. The number of carbonyl (C=O) groups excluding carboxylic acids is 1. The van der Waals surface area contributed by atoms with Crippen molar-refractivity contribution in [3.05, 3.63) is 89.1 Å². The smallest absolute Gasteiger partial charge is 0.266 e. The molecular weight excluding hydrogens is 342 g/mol. The second kappa shape index (κ2) is 7.25. The molecular formula is C20H17N5O2. The molecule has 0 aliphatic heterocycles. The van der Waals surface area contributed by atoms with Crippen molar-refractivity contribution in [2.45, 2.75) is 6.54 Å². The average molecular weight is 359 g/mol. The van der Waals surface area contributed by atoms with Gasteiger partial charge in [0, 0.05) is 36.8 Å². The molecule has 0 bridgehead atoms. The van der Waals surface area contributed by atoms with Gasteiger partial charge in [-0.05, 0) is 18.2 Å². The third-order valence-electron chi connectivity index (χ3n) is 4.20. The third kappa shape index (κ3) is 3.62. The summed E-state index contributed by atoms with van der Waals surface area (Å²) < 4.78 is 3.14. The topological polar surface area (TPSA) is 81.3 Å². The van der Waals surface area contributed by atoms with Crippen molar-refractivity contribution in [1.82, 2.24) is 24.5 Å². The van der Waals surface area contributed by atoms with Gasteiger partial charge in [-0.1, -0.05) is 30.3 Å². The molecule has 134 valence electrons. The highest BCUT2D eigenvalue weighted by Crippen LogP contribution is 2.13. The van der Waals surface area contributed by atoms with Crippen molar-refractivity contribution in [3.63, 3.8) is 0 Å². The van der Waals surface area contributed by atoms with E-state index in [0.29, 0.717) is 24.3 Å². The van der Waals surface area contributed by atoms with Crippen LogP contribution in [0.5, 0.6) is 0 Å². The van der Waals surface area contributed by atoms with Crippen molar-refractivity contribution >= 4 is 11.6 Å². The van der Waals surface area contributed by atoms with E-state index in [4.69, 9.17) is 0 Å². The summed E-state index contributed by atoms with van der Waals surface area (Å²) in [6, 6.07) is 16.3. The van der Waals surface area contributed by atoms with E-state index < -0.39 is 0 Å². The average Bonchev–Trinajstić information content (AvgIpc) is 3.18. The SMILES string of the molecule is O=C(NCCn1nc(-c2ccccc2)ccc1=O)c1ccc2nccn2c1. The molecule has 3 aromatic heterocycles. The van der Waals surface area contributed by atoms with Crippen molar-refractivity contribution < 1.29 is 4.79 Å². The first-order valence-corrected chi connectivity index (χ1v) is 8.55. The fourth-order valence-electron chi connectivity index (χ4n) is 2.80. The Labute approximate surface area is 154 Å². The van der Waals surface area contributed by atoms with Gasteiger partial charge in [0.2, 0.25) is 0 Å². The Kier molecular flexibility index (Phi) is 4.49. The van der Waals surface area contributed by atoms with Crippen LogP contribution >= 0.6 is 0 Å². The largest absolute Gasteiger partial charge is 0.350 e. The highest BCUT2D eigenvalue weighted by atomic mass is 16.2. The van der Waals surface area contributed by atoms with Crippen LogP contribution in [0.3, 0.4) is 0 Å². The zero-order chi connectivity index (χ0) is 18.6. The summed E-state index contributed by atoms with van der Waals surface area (Å²) in [6.07, 6.45) is 5.18. The molecule has 0 saturated heterocycles. The van der Waals surface area contributed by atoms with E-state index in [-0.39, 0.29) is 11.5 Å². The molecule has 1 aromatic carbocycles. The zero-order valence-electron chi connectivity index (χ0n) is 14.4. The molecule has 7 nitrogen and oxygen atoms in total. The molecule has 4 aromatic rings. The standard InChI is InChI=1S/C20H17N5O2/c26-19-9-7-17(15-4-2-1-3-5-15)23-25(19)13-11-22-20(27)16-6-8-18-21-10-12-24(18)14-16/h1-10,12,14H,11,13H2,(H,22,27). The van der Waals surface area contributed by atoms with Gasteiger partial charge in [0.25, 0.3) is 11.5 Å². The van der Waals surface area contributed by atoms with Gasteiger partial charge in [-0.15, -0.1) is 0 Å². The van der Waals surface area contributed by atoms with Crippen LogP contribution in [0, 0.1) is 0 Å². The number of hydrogen-bond donors (Lipinski definition) is 1. The lowest BCUT2D eigenvalue weighted by molar-refractivity contribution is 0.0951. The molecule has 0 fully saturated rings. The van der Waals surface area contributed by atoms with Crippen molar-refractivity contribution in [2.24, 2.45) is 0 Å². The molecule has 1 N–H and O–H groups in total. The molecule has 7 heteroatoms. The summed E-state index contributed by atoms with van der Waals surface area (Å²) in [5, 5.41) is 7.20. The second-order valence-electron chi connectivity index (χ2n) is 6.01. The van der Waals surface area contributed by atoms with E-state index in [0.717, 1.165) is 11.2 Å². The van der Waals surface area contributed by atoms with Gasteiger partial charge in [-0.3, -0.25) is 9.59 Å². The molecule has 0 atom stereocenters. The summed E-state index contributed by atoms with van der Waals surface area (Å²) in [7, 11) is 0. The lowest BCUT2D eigenvalue weighted by Gasteiger charge is -2.09. The van der Waals surface area contributed by atoms with Gasteiger partial charge in [-0.2, -0.15) is 5.10 Å². The molecule has 0 saturated carbocycles. The Morgan fingerprint density at radius 3 is 2.74 bits per heavy atom. The number of nitrogens with one attached hydrogen (secondary N) is 1. The van der Waals surface area contributed by atoms with Gasteiger partial charge < -0.3 is 9.72 Å². The summed E-state index contributed by atoms with van der Waals surface area (Å²) in [5.41, 5.74) is 2.75. The molecule has 3 heterocycles. The van der Waals surface area contributed by atoms with Gasteiger partial charge >= 0.3 is 0 Å². The fourth-order valence-corrected chi connectivity index (χ4v) is 2.80. The van der Waals surface area contributed by atoms with Crippen LogP contribution in [0.1, 0.15) is 10.4 Å². The van der Waals surface area contributed by atoms with Crippen molar-refractivity contribution in [3.8, 4) is 11.3 Å². The molecule has 0 aliphatic carbocycles. The number of hydrogen-bond acceptors (Lipinski definition) is 4. The quantitative estimate of drug-likeness (QED) is 0.591. The minimum Gasteiger partial charge on any atom is -0.350 e. The number of aromatic nitrogens is 4. The van der Waals surface area contributed by atoms with E-state index in [9.17, 15) is 9.59 Å². The van der Waals surface area contributed by atoms with Gasteiger partial charge in [0.15, 0.2) is 0 Å². The maximum absolute atomic E-state index is 12.3. The number of pyridine rings is 1. The Hall–Kier alpha value is -3.74. The summed E-state index contributed by atoms with van der Waals surface area (Å²) in [5.74, 6) is -0.210. The number of carbonyl (C=O) groups is 1. The summed E-state index contributed by atoms with van der Waals surface area (Å²) in [6.45, 7) is 0.588.